The molecule has 0 saturated carbocycles. The zero-order chi connectivity index (χ0) is 24.2. The van der Waals surface area contributed by atoms with Gasteiger partial charge < -0.3 is 25.0 Å². The van der Waals surface area contributed by atoms with Crippen molar-refractivity contribution >= 4 is 39.1 Å². The molecule has 0 radical (unpaired) electrons. The molecule has 2 aromatic carbocycles. The summed E-state index contributed by atoms with van der Waals surface area (Å²) in [6.45, 7) is 5.72. The van der Waals surface area contributed by atoms with Gasteiger partial charge in [-0.05, 0) is 37.1 Å². The van der Waals surface area contributed by atoms with Crippen molar-refractivity contribution in [3.05, 3.63) is 53.0 Å². The van der Waals surface area contributed by atoms with E-state index in [1.165, 1.54) is 11.3 Å². The maximum absolute atomic E-state index is 13.2. The van der Waals surface area contributed by atoms with Crippen molar-refractivity contribution in [2.75, 3.05) is 39.2 Å². The zero-order valence-electron chi connectivity index (χ0n) is 19.8. The fourth-order valence-electron chi connectivity index (χ4n) is 3.89. The van der Waals surface area contributed by atoms with Crippen LogP contribution in [0, 0.1) is 5.92 Å². The third kappa shape index (κ3) is 5.38. The predicted octanol–water partition coefficient (Wildman–Crippen LogP) is 3.64. The van der Waals surface area contributed by atoms with Gasteiger partial charge in [0.1, 0.15) is 12.4 Å². The van der Waals surface area contributed by atoms with Crippen molar-refractivity contribution in [2.45, 2.75) is 26.0 Å². The number of anilines is 1. The number of ether oxygens (including phenoxy) is 2. The number of hydrogen-bond acceptors (Lipinski definition) is 7. The molecule has 0 aliphatic carbocycles. The first-order valence-electron chi connectivity index (χ1n) is 11.3. The molecule has 34 heavy (non-hydrogen) atoms. The fraction of sp³-hybridized carbons (Fsp3) is 0.400. The van der Waals surface area contributed by atoms with E-state index < -0.39 is 0 Å². The second-order valence-electron chi connectivity index (χ2n) is 8.71. The monoisotopic (exact) mass is 482 g/mol. The molecule has 1 aliphatic rings. The Kier molecular flexibility index (Phi) is 7.45. The lowest BCUT2D eigenvalue weighted by atomic mass is 10.0. The number of aromatic nitrogens is 1. The maximum Gasteiger partial charge on any atom is 0.284 e. The minimum absolute atomic E-state index is 0.0704. The van der Waals surface area contributed by atoms with Gasteiger partial charge in [0.05, 0.1) is 21.9 Å². The van der Waals surface area contributed by atoms with E-state index in [4.69, 9.17) is 9.47 Å². The van der Waals surface area contributed by atoms with E-state index in [9.17, 15) is 9.59 Å². The highest BCUT2D eigenvalue weighted by Gasteiger charge is 2.25. The van der Waals surface area contributed by atoms with Gasteiger partial charge in [0, 0.05) is 45.0 Å². The summed E-state index contributed by atoms with van der Waals surface area (Å²) >= 11 is 1.34. The summed E-state index contributed by atoms with van der Waals surface area (Å²) in [5.41, 5.74) is 1.77. The van der Waals surface area contributed by atoms with Crippen LogP contribution in [0.3, 0.4) is 0 Å². The van der Waals surface area contributed by atoms with E-state index in [0.717, 1.165) is 16.8 Å². The number of fused-ring (bicyclic) bond motifs is 2. The van der Waals surface area contributed by atoms with Gasteiger partial charge in [-0.1, -0.05) is 19.1 Å². The van der Waals surface area contributed by atoms with Gasteiger partial charge in [-0.2, -0.15) is 0 Å². The Morgan fingerprint density at radius 2 is 2.06 bits per heavy atom. The van der Waals surface area contributed by atoms with Gasteiger partial charge in [-0.15, -0.1) is 11.3 Å². The summed E-state index contributed by atoms with van der Waals surface area (Å²) in [5.74, 6) is 0.191. The molecular weight excluding hydrogens is 452 g/mol. The average Bonchev–Trinajstić information content (AvgIpc) is 3.28. The quantitative estimate of drug-likeness (QED) is 0.592. The highest BCUT2D eigenvalue weighted by molar-refractivity contribution is 7.20. The van der Waals surface area contributed by atoms with Crippen LogP contribution in [0.1, 0.15) is 34.0 Å². The van der Waals surface area contributed by atoms with Crippen molar-refractivity contribution < 1.29 is 19.1 Å². The summed E-state index contributed by atoms with van der Waals surface area (Å²) in [4.78, 5) is 32.1. The van der Waals surface area contributed by atoms with Gasteiger partial charge in [0.2, 0.25) is 0 Å². The Morgan fingerprint density at radius 3 is 2.82 bits per heavy atom. The second-order valence-corrected chi connectivity index (χ2v) is 9.74. The fourth-order valence-corrected chi connectivity index (χ4v) is 4.75. The van der Waals surface area contributed by atoms with Crippen molar-refractivity contribution in [3.8, 4) is 5.75 Å². The van der Waals surface area contributed by atoms with Crippen LogP contribution in [0.5, 0.6) is 5.75 Å². The highest BCUT2D eigenvalue weighted by atomic mass is 32.1. The largest absolute Gasteiger partial charge is 0.491 e. The molecule has 2 heterocycles. The zero-order valence-corrected chi connectivity index (χ0v) is 20.6. The molecule has 3 atom stereocenters. The number of nitrogens with one attached hydrogen (secondary N) is 2. The highest BCUT2D eigenvalue weighted by Crippen LogP contribution is 2.27. The third-order valence-corrected chi connectivity index (χ3v) is 7.01. The molecule has 8 nitrogen and oxygen atoms in total. The topological polar surface area (TPSA) is 92.8 Å². The summed E-state index contributed by atoms with van der Waals surface area (Å²) in [6.07, 6.45) is -0.0928. The normalized spacial score (nSPS) is 21.8. The minimum Gasteiger partial charge on any atom is -0.491 e. The van der Waals surface area contributed by atoms with Crippen LogP contribution >= 0.6 is 11.3 Å². The Morgan fingerprint density at radius 1 is 1.26 bits per heavy atom. The number of benzene rings is 2. The van der Waals surface area contributed by atoms with E-state index in [-0.39, 0.29) is 29.9 Å². The van der Waals surface area contributed by atoms with Gasteiger partial charge in [0.15, 0.2) is 5.01 Å². The third-order valence-electron chi connectivity index (χ3n) is 5.97. The molecule has 0 fully saturated rings. The van der Waals surface area contributed by atoms with Crippen LogP contribution in [0.25, 0.3) is 10.2 Å². The van der Waals surface area contributed by atoms with E-state index in [1.54, 1.807) is 37.3 Å². The molecule has 0 saturated heterocycles. The molecule has 2 amide bonds. The Bertz CT molecular complexity index is 1150. The first-order valence-corrected chi connectivity index (χ1v) is 12.1. The molecule has 0 unspecified atom stereocenters. The van der Waals surface area contributed by atoms with Crippen LogP contribution in [0.4, 0.5) is 5.69 Å². The second kappa shape index (κ2) is 10.5. The number of amides is 2. The lowest BCUT2D eigenvalue weighted by Crippen LogP contribution is -2.44. The molecule has 0 spiro atoms. The van der Waals surface area contributed by atoms with E-state index in [0.29, 0.717) is 35.2 Å². The number of para-hydroxylation sites is 1. The van der Waals surface area contributed by atoms with Crippen molar-refractivity contribution in [3.63, 3.8) is 0 Å². The van der Waals surface area contributed by atoms with Crippen LogP contribution in [0.2, 0.25) is 0 Å². The minimum atomic E-state index is -0.301. The lowest BCUT2D eigenvalue weighted by molar-refractivity contribution is 0.0281. The van der Waals surface area contributed by atoms with Crippen LogP contribution in [-0.4, -0.2) is 67.7 Å². The Hall–Kier alpha value is -3.01. The number of thiazole rings is 1. The first kappa shape index (κ1) is 24.1. The van der Waals surface area contributed by atoms with Gasteiger partial charge >= 0.3 is 0 Å². The number of rotatable bonds is 3. The summed E-state index contributed by atoms with van der Waals surface area (Å²) in [7, 11) is 3.43. The van der Waals surface area contributed by atoms with Gasteiger partial charge in [-0.3, -0.25) is 9.59 Å². The van der Waals surface area contributed by atoms with Crippen LogP contribution < -0.4 is 15.4 Å². The molecular formula is C25H30N4O4S. The molecule has 2 N–H and O–H groups in total. The summed E-state index contributed by atoms with van der Waals surface area (Å²) < 4.78 is 12.7. The summed E-state index contributed by atoms with van der Waals surface area (Å²) in [6, 6.07) is 12.8. The molecule has 1 aromatic heterocycles. The van der Waals surface area contributed by atoms with E-state index in [1.807, 2.05) is 31.2 Å². The molecule has 4 rings (SSSR count). The van der Waals surface area contributed by atoms with Crippen molar-refractivity contribution in [2.24, 2.45) is 5.92 Å². The first-order chi connectivity index (χ1) is 16.4. The molecule has 1 aliphatic heterocycles. The van der Waals surface area contributed by atoms with Crippen molar-refractivity contribution in [1.29, 1.82) is 0 Å². The number of methoxy groups -OCH3 is 1. The van der Waals surface area contributed by atoms with Gasteiger partial charge in [-0.25, -0.2) is 4.98 Å². The average molecular weight is 483 g/mol. The lowest BCUT2D eigenvalue weighted by Gasteiger charge is -2.30. The molecule has 0 bridgehead atoms. The number of nitrogens with zero attached hydrogens (tertiary/aromatic N) is 2. The smallest absolute Gasteiger partial charge is 0.284 e. The number of carbonyl (C=O) groups is 2. The molecule has 3 aromatic rings. The van der Waals surface area contributed by atoms with Gasteiger partial charge in [0.25, 0.3) is 11.8 Å². The standard InChI is InChI=1S/C25H30N4O4S/c1-15-12-26-16(2)14-33-20-11-17(9-10-18(20)25(31)29(3)13-21(15)32-4)27-23(30)24-28-19-7-5-6-8-22(19)34-24/h5-11,15-16,21,26H,12-14H2,1-4H3,(H,27,30)/t15-,16-,21+/m0/s1. The van der Waals surface area contributed by atoms with Crippen molar-refractivity contribution in [1.82, 2.24) is 15.2 Å². The molecule has 180 valence electrons. The van der Waals surface area contributed by atoms with E-state index >= 15 is 0 Å². The SMILES string of the molecule is CO[C@@H]1CN(C)C(=O)c2ccc(NC(=O)c3nc4ccccc4s3)cc2OC[C@H](C)NC[C@@H]1C. The molecule has 9 heteroatoms. The number of carbonyl (C=O) groups excluding carboxylic acids is 2. The maximum atomic E-state index is 13.2. The Labute approximate surface area is 203 Å². The van der Waals surface area contributed by atoms with E-state index in [2.05, 4.69) is 22.5 Å². The number of hydrogen-bond donors (Lipinski definition) is 2. The Balaban J connectivity index is 1.58. The predicted molar refractivity (Wildman–Crippen MR) is 134 cm³/mol. The summed E-state index contributed by atoms with van der Waals surface area (Å²) in [5, 5.41) is 6.73. The van der Waals surface area contributed by atoms with Crippen LogP contribution in [0.15, 0.2) is 42.5 Å². The van der Waals surface area contributed by atoms with Crippen LogP contribution in [-0.2, 0) is 4.74 Å². The number of likely N-dealkylation sites (N-methyl/N-ethyl adjacent to an activating group) is 1.